The molecule has 4 rings (SSSR count). The lowest BCUT2D eigenvalue weighted by Gasteiger charge is -2.18. The molecule has 0 saturated carbocycles. The summed E-state index contributed by atoms with van der Waals surface area (Å²) in [6.07, 6.45) is 0.808. The topological polar surface area (TPSA) is 84.1 Å². The number of halogens is 2. The molecule has 0 bridgehead atoms. The van der Waals surface area contributed by atoms with Crippen molar-refractivity contribution in [2.45, 2.75) is 38.9 Å². The fourth-order valence-electron chi connectivity index (χ4n) is 4.27. The van der Waals surface area contributed by atoms with Gasteiger partial charge in [0.1, 0.15) is 30.0 Å². The van der Waals surface area contributed by atoms with Gasteiger partial charge >= 0.3 is 0 Å². The van der Waals surface area contributed by atoms with Crippen molar-refractivity contribution >= 4 is 11.4 Å². The summed E-state index contributed by atoms with van der Waals surface area (Å²) in [5, 5.41) is 19.5. The summed E-state index contributed by atoms with van der Waals surface area (Å²) in [6, 6.07) is 14.1. The number of aliphatic hydroxyl groups is 2. The number of aromatic nitrogens is 2. The number of hydrogen-bond acceptors (Lipinski definition) is 5. The van der Waals surface area contributed by atoms with Crippen molar-refractivity contribution in [2.24, 2.45) is 0 Å². The lowest BCUT2D eigenvalue weighted by Crippen LogP contribution is -2.13. The number of carbonyl (C=O) groups is 1. The van der Waals surface area contributed by atoms with Gasteiger partial charge in [0.05, 0.1) is 17.9 Å². The number of pyridine rings is 1. The smallest absolute Gasteiger partial charge is 0.182 e. The summed E-state index contributed by atoms with van der Waals surface area (Å²) in [5.74, 6) is -1.50. The predicted molar refractivity (Wildman–Crippen MR) is 126 cm³/mol. The van der Waals surface area contributed by atoms with E-state index in [0.717, 1.165) is 17.7 Å². The van der Waals surface area contributed by atoms with Gasteiger partial charge in [-0.3, -0.25) is 9.20 Å². The lowest BCUT2D eigenvalue weighted by atomic mass is 9.89. The predicted octanol–water partition coefficient (Wildman–Crippen LogP) is 4.90. The molecule has 2 N–H and O–H groups in total. The van der Waals surface area contributed by atoms with Gasteiger partial charge in [-0.25, -0.2) is 13.8 Å². The fourth-order valence-corrected chi connectivity index (χ4v) is 4.27. The molecule has 2 aromatic carbocycles. The Labute approximate surface area is 201 Å². The van der Waals surface area contributed by atoms with Crippen molar-refractivity contribution in [1.82, 2.24) is 9.38 Å². The van der Waals surface area contributed by atoms with Gasteiger partial charge in [-0.15, -0.1) is 0 Å². The van der Waals surface area contributed by atoms with Crippen LogP contribution in [0.4, 0.5) is 8.78 Å². The van der Waals surface area contributed by atoms with Crippen LogP contribution in [0.1, 0.15) is 58.2 Å². The number of carbonyl (C=O) groups excluding carboxylic acids is 1. The SMILES string of the molecule is Cc1nc2c(OCc3c(F)cccc3F)cccn2c1C(=O)C[C@@H](C)c1ccccc1[C@@H](O)CO. The third-order valence-electron chi connectivity index (χ3n) is 6.04. The fraction of sp³-hybridized carbons (Fsp3) is 0.259. The standard InChI is InChI=1S/C27H26F2N2O4/c1-16(18-7-3-4-8-19(18)24(34)14-32)13-23(33)26-17(2)30-27-25(11-6-12-31(26)27)35-15-20-21(28)9-5-10-22(20)29/h3-12,16,24,32,34H,13-15H2,1-2H3/t16-,24+/m1/s1. The van der Waals surface area contributed by atoms with E-state index < -0.39 is 24.3 Å². The summed E-state index contributed by atoms with van der Waals surface area (Å²) in [4.78, 5) is 17.8. The number of imidazole rings is 1. The number of nitrogens with zero attached hydrogens (tertiary/aromatic N) is 2. The highest BCUT2D eigenvalue weighted by Crippen LogP contribution is 2.30. The minimum atomic E-state index is -1.03. The number of ketones is 1. The zero-order valence-electron chi connectivity index (χ0n) is 19.4. The first-order valence-electron chi connectivity index (χ1n) is 11.3. The molecule has 2 aromatic heterocycles. The third-order valence-corrected chi connectivity index (χ3v) is 6.04. The van der Waals surface area contributed by atoms with Crippen molar-refractivity contribution in [2.75, 3.05) is 6.61 Å². The maximum Gasteiger partial charge on any atom is 0.182 e. The highest BCUT2D eigenvalue weighted by Gasteiger charge is 2.23. The van der Waals surface area contributed by atoms with E-state index in [1.165, 1.54) is 6.07 Å². The molecule has 8 heteroatoms. The second-order valence-corrected chi connectivity index (χ2v) is 8.46. The van der Waals surface area contributed by atoms with Crippen molar-refractivity contribution in [3.63, 3.8) is 0 Å². The highest BCUT2D eigenvalue weighted by atomic mass is 19.1. The molecule has 0 unspecified atom stereocenters. The van der Waals surface area contributed by atoms with Crippen LogP contribution >= 0.6 is 0 Å². The number of aryl methyl sites for hydroxylation is 1. The number of aliphatic hydroxyl groups excluding tert-OH is 2. The average Bonchev–Trinajstić information content (AvgIpc) is 3.19. The normalized spacial score (nSPS) is 13.1. The van der Waals surface area contributed by atoms with Gasteiger partial charge < -0.3 is 14.9 Å². The molecule has 35 heavy (non-hydrogen) atoms. The van der Waals surface area contributed by atoms with E-state index in [-0.39, 0.29) is 30.3 Å². The molecule has 2 heterocycles. The molecule has 0 aliphatic rings. The zero-order chi connectivity index (χ0) is 25.1. The monoisotopic (exact) mass is 480 g/mol. The zero-order valence-corrected chi connectivity index (χ0v) is 19.4. The first kappa shape index (κ1) is 24.5. The van der Waals surface area contributed by atoms with Crippen molar-refractivity contribution < 1.29 is 28.5 Å². The number of Topliss-reactive ketones (excluding diaryl/α,β-unsaturated/α-hetero) is 1. The van der Waals surface area contributed by atoms with E-state index in [4.69, 9.17) is 4.74 Å². The molecule has 0 aliphatic heterocycles. The van der Waals surface area contributed by atoms with Crippen LogP contribution < -0.4 is 4.74 Å². The first-order valence-corrected chi connectivity index (χ1v) is 11.3. The number of ether oxygens (including phenoxy) is 1. The number of rotatable bonds is 9. The van der Waals surface area contributed by atoms with Crippen molar-refractivity contribution in [3.8, 4) is 5.75 Å². The van der Waals surface area contributed by atoms with Gasteiger partial charge in [-0.05, 0) is 48.2 Å². The summed E-state index contributed by atoms with van der Waals surface area (Å²) in [7, 11) is 0. The Balaban J connectivity index is 1.60. The van der Waals surface area contributed by atoms with Crippen LogP contribution in [0.15, 0.2) is 60.8 Å². The molecule has 0 saturated heterocycles. The first-order chi connectivity index (χ1) is 16.8. The largest absolute Gasteiger partial charge is 0.485 e. The van der Waals surface area contributed by atoms with Gasteiger partial charge in [-0.2, -0.15) is 0 Å². The van der Waals surface area contributed by atoms with Crippen LogP contribution in [0.5, 0.6) is 5.75 Å². The van der Waals surface area contributed by atoms with E-state index in [9.17, 15) is 23.8 Å². The van der Waals surface area contributed by atoms with Gasteiger partial charge in [0.2, 0.25) is 0 Å². The molecule has 2 atom stereocenters. The van der Waals surface area contributed by atoms with Crippen LogP contribution in [0.25, 0.3) is 5.65 Å². The Morgan fingerprint density at radius 1 is 1.06 bits per heavy atom. The Morgan fingerprint density at radius 2 is 1.74 bits per heavy atom. The van der Waals surface area contributed by atoms with E-state index >= 15 is 0 Å². The van der Waals surface area contributed by atoms with Gasteiger partial charge in [0.15, 0.2) is 17.2 Å². The lowest BCUT2D eigenvalue weighted by molar-refractivity contribution is 0.0933. The summed E-state index contributed by atoms with van der Waals surface area (Å²) in [6.45, 7) is 2.86. The van der Waals surface area contributed by atoms with E-state index in [2.05, 4.69) is 4.98 Å². The Kier molecular flexibility index (Phi) is 7.23. The summed E-state index contributed by atoms with van der Waals surface area (Å²) in [5.41, 5.74) is 2.43. The van der Waals surface area contributed by atoms with Crippen molar-refractivity contribution in [3.05, 3.63) is 101 Å². The van der Waals surface area contributed by atoms with Crippen molar-refractivity contribution in [1.29, 1.82) is 0 Å². The van der Waals surface area contributed by atoms with Gasteiger partial charge in [0, 0.05) is 12.6 Å². The molecular formula is C27H26F2N2O4. The molecule has 0 aliphatic carbocycles. The maximum absolute atomic E-state index is 14.0. The molecular weight excluding hydrogens is 454 g/mol. The van der Waals surface area contributed by atoms with Crippen LogP contribution in [-0.2, 0) is 6.61 Å². The molecule has 4 aromatic rings. The number of fused-ring (bicyclic) bond motifs is 1. The molecule has 182 valence electrons. The summed E-state index contributed by atoms with van der Waals surface area (Å²) >= 11 is 0. The average molecular weight is 481 g/mol. The Morgan fingerprint density at radius 3 is 2.43 bits per heavy atom. The van der Waals surface area contributed by atoms with Crippen LogP contribution in [0, 0.1) is 18.6 Å². The second-order valence-electron chi connectivity index (χ2n) is 8.46. The van der Waals surface area contributed by atoms with E-state index in [1.807, 2.05) is 19.1 Å². The quantitative estimate of drug-likeness (QED) is 0.333. The van der Waals surface area contributed by atoms with E-state index in [0.29, 0.717) is 28.3 Å². The second kappa shape index (κ2) is 10.3. The Hall–Kier alpha value is -3.62. The van der Waals surface area contributed by atoms with Gasteiger partial charge in [-0.1, -0.05) is 37.3 Å². The van der Waals surface area contributed by atoms with Crippen LogP contribution in [0.2, 0.25) is 0 Å². The molecule has 0 fully saturated rings. The molecule has 0 spiro atoms. The number of hydrogen-bond donors (Lipinski definition) is 2. The Bertz CT molecular complexity index is 1350. The molecule has 6 nitrogen and oxygen atoms in total. The number of benzene rings is 2. The third kappa shape index (κ3) is 4.94. The van der Waals surface area contributed by atoms with Gasteiger partial charge in [0.25, 0.3) is 0 Å². The van der Waals surface area contributed by atoms with E-state index in [1.54, 1.807) is 41.8 Å². The molecule has 0 amide bonds. The van der Waals surface area contributed by atoms with Crippen LogP contribution in [0.3, 0.4) is 0 Å². The molecule has 0 radical (unpaired) electrons. The minimum Gasteiger partial charge on any atom is -0.485 e. The maximum atomic E-state index is 14.0. The minimum absolute atomic E-state index is 0.148. The summed E-state index contributed by atoms with van der Waals surface area (Å²) < 4.78 is 35.3. The highest BCUT2D eigenvalue weighted by molar-refractivity contribution is 5.97. The van der Waals surface area contributed by atoms with Crippen LogP contribution in [-0.4, -0.2) is 32.0 Å².